The Balaban J connectivity index is 1.11. The Labute approximate surface area is 326 Å². The summed E-state index contributed by atoms with van der Waals surface area (Å²) in [4.78, 5) is 25.5. The van der Waals surface area contributed by atoms with Crippen molar-refractivity contribution in [2.24, 2.45) is 5.41 Å². The number of anilines is 3. The number of piperazine rings is 1. The summed E-state index contributed by atoms with van der Waals surface area (Å²) >= 11 is 6.26. The summed E-state index contributed by atoms with van der Waals surface area (Å²) in [5, 5.41) is 1.78. The number of allylic oxidation sites excluding steroid dienone is 1. The molecule has 0 spiro atoms. The number of hydrogen-bond acceptors (Lipinski definition) is 8. The zero-order chi connectivity index (χ0) is 38.0. The molecular weight excluding hydrogens is 714 g/mol. The van der Waals surface area contributed by atoms with Crippen LogP contribution in [-0.2, 0) is 16.2 Å². The van der Waals surface area contributed by atoms with E-state index in [2.05, 4.69) is 84.6 Å². The van der Waals surface area contributed by atoms with E-state index < -0.39 is 8.07 Å². The summed E-state index contributed by atoms with van der Waals surface area (Å²) in [6.45, 7) is 19.0. The summed E-state index contributed by atoms with van der Waals surface area (Å²) in [5.41, 5.74) is 8.76. The first kappa shape index (κ1) is 38.4. The van der Waals surface area contributed by atoms with Gasteiger partial charge in [0.2, 0.25) is 5.88 Å². The van der Waals surface area contributed by atoms with Crippen LogP contribution in [0.4, 0.5) is 17.1 Å². The minimum absolute atomic E-state index is 0.292. The van der Waals surface area contributed by atoms with E-state index in [-0.39, 0.29) is 5.97 Å². The van der Waals surface area contributed by atoms with Gasteiger partial charge in [0, 0.05) is 76.2 Å². The lowest BCUT2D eigenvalue weighted by Gasteiger charge is -2.39. The number of pyridine rings is 1. The van der Waals surface area contributed by atoms with Gasteiger partial charge in [0.25, 0.3) is 0 Å². The Morgan fingerprint density at radius 1 is 0.981 bits per heavy atom. The average Bonchev–Trinajstić information content (AvgIpc) is 3.42. The number of halogens is 1. The number of fused-ring (bicyclic) bond motifs is 2. The fraction of sp³-hybridized carbons (Fsp3) is 0.488. The van der Waals surface area contributed by atoms with Crippen LogP contribution in [0.2, 0.25) is 30.7 Å². The monoisotopic (exact) mass is 769 g/mol. The minimum atomic E-state index is -1.18. The Kier molecular flexibility index (Phi) is 11.5. The lowest BCUT2D eigenvalue weighted by molar-refractivity contribution is 0.0601. The number of methoxy groups -OCH3 is 1. The van der Waals surface area contributed by atoms with Gasteiger partial charge in [-0.3, -0.25) is 4.90 Å². The highest BCUT2D eigenvalue weighted by molar-refractivity contribution is 6.76. The average molecular weight is 770 g/mol. The van der Waals surface area contributed by atoms with Crippen LogP contribution in [0.5, 0.6) is 5.88 Å². The Bertz CT molecular complexity index is 2000. The van der Waals surface area contributed by atoms with Crippen LogP contribution in [0.1, 0.15) is 55.5 Å². The van der Waals surface area contributed by atoms with Gasteiger partial charge in [-0.25, -0.2) is 4.79 Å². The molecule has 11 heteroatoms. The minimum Gasteiger partial charge on any atom is -0.476 e. The molecule has 0 N–H and O–H groups in total. The summed E-state index contributed by atoms with van der Waals surface area (Å²) < 4.78 is 19.7. The van der Waals surface area contributed by atoms with Gasteiger partial charge in [-0.05, 0) is 90.7 Å². The number of hydrogen-bond donors (Lipinski definition) is 0. The van der Waals surface area contributed by atoms with Crippen molar-refractivity contribution in [2.45, 2.75) is 71.9 Å². The van der Waals surface area contributed by atoms with Gasteiger partial charge in [0.15, 0.2) is 0 Å². The van der Waals surface area contributed by atoms with Crippen LogP contribution in [0.15, 0.2) is 66.4 Å². The molecular formula is C43H56ClN5O4Si. The highest BCUT2D eigenvalue weighted by atomic mass is 35.5. The van der Waals surface area contributed by atoms with Crippen molar-refractivity contribution in [1.82, 2.24) is 14.5 Å². The molecule has 7 rings (SSSR count). The molecule has 0 bridgehead atoms. The zero-order valence-electron chi connectivity index (χ0n) is 32.9. The summed E-state index contributed by atoms with van der Waals surface area (Å²) in [7, 11) is 0.266. The summed E-state index contributed by atoms with van der Waals surface area (Å²) in [5.74, 6) is 0.208. The molecule has 54 heavy (non-hydrogen) atoms. The number of benzene rings is 2. The quantitative estimate of drug-likeness (QED) is 0.0849. The van der Waals surface area contributed by atoms with Gasteiger partial charge in [0.05, 0.1) is 25.0 Å². The van der Waals surface area contributed by atoms with Crippen molar-refractivity contribution in [3.8, 4) is 5.88 Å². The Morgan fingerprint density at radius 2 is 1.76 bits per heavy atom. The van der Waals surface area contributed by atoms with Crippen molar-refractivity contribution in [2.75, 3.05) is 69.4 Å². The molecule has 0 unspecified atom stereocenters. The maximum Gasteiger partial charge on any atom is 0.339 e. The summed E-state index contributed by atoms with van der Waals surface area (Å²) in [6.07, 6.45) is 6.24. The van der Waals surface area contributed by atoms with E-state index in [0.717, 1.165) is 97.8 Å². The molecule has 0 atom stereocenters. The molecule has 4 aromatic rings. The number of aromatic nitrogens is 2. The number of nitrogens with zero attached hydrogens (tertiary/aromatic N) is 5. The van der Waals surface area contributed by atoms with Gasteiger partial charge in [-0.15, -0.1) is 0 Å². The molecule has 288 valence electrons. The summed E-state index contributed by atoms with van der Waals surface area (Å²) in [6, 6.07) is 19.9. The van der Waals surface area contributed by atoms with E-state index in [1.807, 2.05) is 29.0 Å². The van der Waals surface area contributed by atoms with Crippen LogP contribution < -0.4 is 14.5 Å². The van der Waals surface area contributed by atoms with E-state index in [9.17, 15) is 4.79 Å². The van der Waals surface area contributed by atoms with E-state index in [1.165, 1.54) is 24.7 Å². The number of rotatable bonds is 11. The maximum atomic E-state index is 13.2. The lowest BCUT2D eigenvalue weighted by atomic mass is 9.72. The first-order valence-electron chi connectivity index (χ1n) is 19.5. The normalized spacial score (nSPS) is 18.1. The van der Waals surface area contributed by atoms with Crippen molar-refractivity contribution in [1.29, 1.82) is 0 Å². The Morgan fingerprint density at radius 3 is 2.50 bits per heavy atom. The van der Waals surface area contributed by atoms with Gasteiger partial charge >= 0.3 is 5.97 Å². The number of esters is 1. The van der Waals surface area contributed by atoms with Crippen LogP contribution >= 0.6 is 11.6 Å². The Hall–Kier alpha value is -3.83. The van der Waals surface area contributed by atoms with Crippen LogP contribution in [-0.4, -0.2) is 88.1 Å². The van der Waals surface area contributed by atoms with Gasteiger partial charge in [-0.1, -0.05) is 62.8 Å². The van der Waals surface area contributed by atoms with E-state index in [4.69, 9.17) is 30.8 Å². The topological polar surface area (TPSA) is 72.3 Å². The third-order valence-electron chi connectivity index (χ3n) is 11.2. The third-order valence-corrected chi connectivity index (χ3v) is 13.1. The second kappa shape index (κ2) is 16.1. The van der Waals surface area contributed by atoms with Gasteiger partial charge in [0.1, 0.15) is 18.1 Å². The highest BCUT2D eigenvalue weighted by Gasteiger charge is 2.31. The maximum absolute atomic E-state index is 13.2. The van der Waals surface area contributed by atoms with E-state index >= 15 is 0 Å². The van der Waals surface area contributed by atoms with E-state index in [1.54, 1.807) is 5.57 Å². The fourth-order valence-electron chi connectivity index (χ4n) is 7.91. The van der Waals surface area contributed by atoms with Crippen molar-refractivity contribution in [3.63, 3.8) is 0 Å². The first-order chi connectivity index (χ1) is 25.9. The van der Waals surface area contributed by atoms with Gasteiger partial charge in [-0.2, -0.15) is 4.98 Å². The molecule has 9 nitrogen and oxygen atoms in total. The van der Waals surface area contributed by atoms with Crippen LogP contribution in [0, 0.1) is 5.41 Å². The van der Waals surface area contributed by atoms with Crippen molar-refractivity contribution >= 4 is 59.3 Å². The molecule has 1 aliphatic carbocycles. The second-order valence-electron chi connectivity index (χ2n) is 17.1. The molecule has 1 saturated heterocycles. The van der Waals surface area contributed by atoms with Crippen LogP contribution in [0.25, 0.3) is 16.6 Å². The molecule has 2 aromatic heterocycles. The van der Waals surface area contributed by atoms with E-state index in [0.29, 0.717) is 36.7 Å². The standard InChI is InChI=1S/C43H56ClN5O4Si/c1-43(2)16-14-33(37(28-43)31-8-10-34(44)11-9-31)29-46-19-21-47(22-20-46)35-12-13-36(42(50)51-3)38(27-35)49-17-7-23-53-41-39(49)26-32-15-18-48(40(32)45-41)30-52-24-25-54(4,5)6/h8-13,15,18,26-27H,7,14,16-17,19-25,28-30H2,1-6H3. The predicted molar refractivity (Wildman–Crippen MR) is 223 cm³/mol. The fourth-order valence-corrected chi connectivity index (χ4v) is 8.80. The smallest absolute Gasteiger partial charge is 0.339 e. The molecule has 0 amide bonds. The molecule has 1 fully saturated rings. The van der Waals surface area contributed by atoms with Crippen molar-refractivity contribution in [3.05, 3.63) is 82.5 Å². The third kappa shape index (κ3) is 8.83. The SMILES string of the molecule is COC(=O)c1ccc(N2CCN(CC3=C(c4ccc(Cl)cc4)CC(C)(C)CC3)CC2)cc1N1CCCOc2nc3c(ccn3COCC[Si](C)(C)C)cc21. The molecule has 2 aliphatic heterocycles. The van der Waals surface area contributed by atoms with Crippen molar-refractivity contribution < 1.29 is 19.0 Å². The lowest BCUT2D eigenvalue weighted by Crippen LogP contribution is -2.47. The molecule has 0 radical (unpaired) electrons. The van der Waals surface area contributed by atoms with Gasteiger partial charge < -0.3 is 28.6 Å². The number of ether oxygens (including phenoxy) is 3. The first-order valence-corrected chi connectivity index (χ1v) is 23.6. The number of carbonyl (C=O) groups is 1. The number of carbonyl (C=O) groups excluding carboxylic acids is 1. The second-order valence-corrected chi connectivity index (χ2v) is 23.2. The van der Waals surface area contributed by atoms with Crippen LogP contribution in [0.3, 0.4) is 0 Å². The molecule has 2 aromatic carbocycles. The molecule has 4 heterocycles. The molecule has 3 aliphatic rings. The molecule has 0 saturated carbocycles. The highest BCUT2D eigenvalue weighted by Crippen LogP contribution is 2.44. The largest absolute Gasteiger partial charge is 0.476 e. The zero-order valence-corrected chi connectivity index (χ0v) is 34.7. The predicted octanol–water partition coefficient (Wildman–Crippen LogP) is 9.50.